The van der Waals surface area contributed by atoms with E-state index in [4.69, 9.17) is 17.3 Å². The molecule has 0 spiro atoms. The Morgan fingerprint density at radius 2 is 1.76 bits per heavy atom. The van der Waals surface area contributed by atoms with Crippen molar-refractivity contribution in [3.63, 3.8) is 0 Å². The second-order valence-corrected chi connectivity index (χ2v) is 14.1. The molecule has 2 aromatic rings. The van der Waals surface area contributed by atoms with Crippen LogP contribution in [0.4, 0.5) is 4.39 Å². The Morgan fingerprint density at radius 1 is 1.08 bits per heavy atom. The molecule has 0 aromatic heterocycles. The van der Waals surface area contributed by atoms with E-state index in [1.807, 2.05) is 0 Å². The summed E-state index contributed by atoms with van der Waals surface area (Å²) in [6, 6.07) is 10.2. The topological polar surface area (TPSA) is 110 Å². The molecule has 5 aliphatic rings. The van der Waals surface area contributed by atoms with Gasteiger partial charge in [-0.3, -0.25) is 9.59 Å². The summed E-state index contributed by atoms with van der Waals surface area (Å²) in [7, 11) is -2.60. The van der Waals surface area contributed by atoms with Crippen molar-refractivity contribution in [1.82, 2.24) is 9.62 Å². The predicted molar refractivity (Wildman–Crippen MR) is 141 cm³/mol. The van der Waals surface area contributed by atoms with Crippen LogP contribution >= 0.6 is 11.6 Å². The number of carbonyl (C=O) groups excluding carboxylic acids is 2. The smallest absolute Gasteiger partial charge is 0.243 e. The molecule has 5 aliphatic carbocycles. The maximum atomic E-state index is 13.7. The standard InChI is InChI=1S/C28H31ClFN3O4S/c1-33(38(36,37)21-5-6-22(23(29)12-21)17-3-2-4-20(30)11-17)28(7-8-28)26(35)32-24-18-9-16-10-19(24)15-27(13-16,14-18)25(31)34/h2-6,11-12,16,18-19,24H,7-10,13-15H2,1H3,(H2,31,34)(H,32,35). The van der Waals surface area contributed by atoms with E-state index in [9.17, 15) is 22.4 Å². The molecule has 2 atom stereocenters. The minimum Gasteiger partial charge on any atom is -0.369 e. The van der Waals surface area contributed by atoms with Gasteiger partial charge in [0.05, 0.1) is 4.90 Å². The fourth-order valence-corrected chi connectivity index (χ4v) is 9.49. The Hall–Kier alpha value is -2.49. The third-order valence-electron chi connectivity index (χ3n) is 9.58. The molecule has 0 heterocycles. The van der Waals surface area contributed by atoms with Crippen LogP contribution in [0.15, 0.2) is 47.4 Å². The second kappa shape index (κ2) is 8.76. The van der Waals surface area contributed by atoms with Crippen LogP contribution in [0.25, 0.3) is 11.1 Å². The fourth-order valence-electron chi connectivity index (χ4n) is 7.59. The van der Waals surface area contributed by atoms with Gasteiger partial charge in [0, 0.05) is 29.1 Å². The van der Waals surface area contributed by atoms with Gasteiger partial charge in [0.2, 0.25) is 21.8 Å². The quantitative estimate of drug-likeness (QED) is 0.532. The van der Waals surface area contributed by atoms with E-state index in [1.54, 1.807) is 18.2 Å². The molecular weight excluding hydrogens is 529 g/mol. The van der Waals surface area contributed by atoms with Crippen LogP contribution in [-0.2, 0) is 19.6 Å². The summed E-state index contributed by atoms with van der Waals surface area (Å²) in [6.45, 7) is 0. The number of nitrogens with zero attached hydrogens (tertiary/aromatic N) is 1. The monoisotopic (exact) mass is 559 g/mol. The van der Waals surface area contributed by atoms with Crippen LogP contribution < -0.4 is 11.1 Å². The van der Waals surface area contributed by atoms with Gasteiger partial charge in [-0.25, -0.2) is 12.8 Å². The highest BCUT2D eigenvalue weighted by Gasteiger charge is 2.61. The number of likely N-dealkylation sites (N-methyl/N-ethyl adjacent to an activating group) is 1. The number of benzene rings is 2. The zero-order valence-corrected chi connectivity index (χ0v) is 22.7. The summed E-state index contributed by atoms with van der Waals surface area (Å²) in [5.74, 6) is -0.0918. The molecule has 2 amide bonds. The first-order valence-electron chi connectivity index (χ1n) is 13.1. The van der Waals surface area contributed by atoms with E-state index in [0.29, 0.717) is 42.7 Å². The van der Waals surface area contributed by atoms with Gasteiger partial charge in [-0.15, -0.1) is 0 Å². The minimum absolute atomic E-state index is 0.0257. The van der Waals surface area contributed by atoms with E-state index in [2.05, 4.69) is 5.32 Å². The Labute approximate surface area is 227 Å². The van der Waals surface area contributed by atoms with Crippen LogP contribution in [-0.4, -0.2) is 43.2 Å². The number of halogens is 2. The fraction of sp³-hybridized carbons (Fsp3) is 0.500. The first kappa shape index (κ1) is 25.8. The first-order valence-corrected chi connectivity index (χ1v) is 14.9. The van der Waals surface area contributed by atoms with Gasteiger partial charge >= 0.3 is 0 Å². The van der Waals surface area contributed by atoms with Crippen molar-refractivity contribution in [2.24, 2.45) is 28.9 Å². The second-order valence-electron chi connectivity index (χ2n) is 11.8. The molecule has 10 heteroatoms. The molecular formula is C28H31ClFN3O4S. The van der Waals surface area contributed by atoms with Gasteiger partial charge in [0.15, 0.2) is 0 Å². The molecule has 4 bridgehead atoms. The molecule has 0 radical (unpaired) electrons. The van der Waals surface area contributed by atoms with Crippen LogP contribution in [0.2, 0.25) is 5.02 Å². The molecule has 7 rings (SSSR count). The summed E-state index contributed by atoms with van der Waals surface area (Å²) in [5, 5.41) is 3.39. The first-order chi connectivity index (χ1) is 17.9. The molecule has 5 fully saturated rings. The minimum atomic E-state index is -4.04. The van der Waals surface area contributed by atoms with Gasteiger partial charge in [-0.05, 0) is 92.5 Å². The van der Waals surface area contributed by atoms with Gasteiger partial charge in [-0.1, -0.05) is 29.8 Å². The lowest BCUT2D eigenvalue weighted by atomic mass is 9.47. The van der Waals surface area contributed by atoms with Crippen molar-refractivity contribution in [3.8, 4) is 11.1 Å². The van der Waals surface area contributed by atoms with E-state index < -0.39 is 26.8 Å². The third kappa shape index (κ3) is 3.97. The van der Waals surface area contributed by atoms with Gasteiger partial charge in [0.1, 0.15) is 11.4 Å². The maximum absolute atomic E-state index is 13.7. The van der Waals surface area contributed by atoms with Crippen molar-refractivity contribution in [1.29, 1.82) is 0 Å². The molecule has 7 nitrogen and oxygen atoms in total. The van der Waals surface area contributed by atoms with Crippen molar-refractivity contribution < 1.29 is 22.4 Å². The molecule has 202 valence electrons. The number of nitrogens with two attached hydrogens (primary N) is 1. The Bertz CT molecular complexity index is 1430. The number of primary amides is 1. The molecule has 5 saturated carbocycles. The lowest BCUT2D eigenvalue weighted by Gasteiger charge is -2.59. The molecule has 38 heavy (non-hydrogen) atoms. The zero-order chi connectivity index (χ0) is 27.0. The Morgan fingerprint density at radius 3 is 2.34 bits per heavy atom. The van der Waals surface area contributed by atoms with E-state index in [1.165, 1.54) is 35.6 Å². The summed E-state index contributed by atoms with van der Waals surface area (Å²) in [5.41, 5.74) is 5.25. The van der Waals surface area contributed by atoms with Gasteiger partial charge < -0.3 is 11.1 Å². The Balaban J connectivity index is 1.21. The number of hydrogen-bond acceptors (Lipinski definition) is 4. The van der Waals surface area contributed by atoms with Crippen molar-refractivity contribution in [2.75, 3.05) is 7.05 Å². The lowest BCUT2D eigenvalue weighted by Crippen LogP contribution is -2.64. The lowest BCUT2D eigenvalue weighted by molar-refractivity contribution is -0.148. The van der Waals surface area contributed by atoms with Crippen LogP contribution in [0.5, 0.6) is 0 Å². The summed E-state index contributed by atoms with van der Waals surface area (Å²) >= 11 is 6.43. The number of amides is 2. The van der Waals surface area contributed by atoms with Crippen molar-refractivity contribution in [3.05, 3.63) is 53.3 Å². The van der Waals surface area contributed by atoms with Gasteiger partial charge in [-0.2, -0.15) is 4.31 Å². The average Bonchev–Trinajstić information content (AvgIpc) is 3.67. The number of nitrogens with one attached hydrogen (secondary N) is 1. The Kier molecular flexibility index (Phi) is 5.94. The third-order valence-corrected chi connectivity index (χ3v) is 11.8. The maximum Gasteiger partial charge on any atom is 0.243 e. The predicted octanol–water partition coefficient (Wildman–Crippen LogP) is 4.10. The van der Waals surface area contributed by atoms with Crippen LogP contribution in [0, 0.1) is 29.0 Å². The number of carbonyl (C=O) groups is 2. The van der Waals surface area contributed by atoms with Crippen LogP contribution in [0.3, 0.4) is 0 Å². The van der Waals surface area contributed by atoms with Crippen LogP contribution in [0.1, 0.15) is 44.9 Å². The molecule has 0 saturated heterocycles. The SMILES string of the molecule is CN(C1(C(=O)NC2C3CC4CC2CC(C(N)=O)(C4)C3)CC1)S(=O)(=O)c1ccc(-c2cccc(F)c2)c(Cl)c1. The highest BCUT2D eigenvalue weighted by molar-refractivity contribution is 7.89. The molecule has 2 aromatic carbocycles. The average molecular weight is 560 g/mol. The highest BCUT2D eigenvalue weighted by Crippen LogP contribution is 2.60. The summed E-state index contributed by atoms with van der Waals surface area (Å²) in [6.07, 6.45) is 5.03. The van der Waals surface area contributed by atoms with E-state index >= 15 is 0 Å². The normalized spacial score (nSPS) is 30.8. The summed E-state index contributed by atoms with van der Waals surface area (Å²) in [4.78, 5) is 25.9. The highest BCUT2D eigenvalue weighted by atomic mass is 35.5. The van der Waals surface area contributed by atoms with Crippen molar-refractivity contribution in [2.45, 2.75) is 61.4 Å². The molecule has 0 aliphatic heterocycles. The number of rotatable bonds is 7. The largest absolute Gasteiger partial charge is 0.369 e. The van der Waals surface area contributed by atoms with E-state index in [-0.39, 0.29) is 39.6 Å². The molecule has 3 N–H and O–H groups in total. The zero-order valence-electron chi connectivity index (χ0n) is 21.1. The number of sulfonamides is 1. The molecule has 2 unspecified atom stereocenters. The van der Waals surface area contributed by atoms with Gasteiger partial charge in [0.25, 0.3) is 0 Å². The number of hydrogen-bond donors (Lipinski definition) is 2. The van der Waals surface area contributed by atoms with E-state index in [0.717, 1.165) is 19.3 Å². The summed E-state index contributed by atoms with van der Waals surface area (Å²) < 4.78 is 42.1. The van der Waals surface area contributed by atoms with Crippen molar-refractivity contribution >= 4 is 33.4 Å².